The van der Waals surface area contributed by atoms with E-state index in [2.05, 4.69) is 10.3 Å². The molecule has 1 aromatic rings. The van der Waals surface area contributed by atoms with Crippen LogP contribution in [0.25, 0.3) is 0 Å². The van der Waals surface area contributed by atoms with Gasteiger partial charge in [0.15, 0.2) is 0 Å². The van der Waals surface area contributed by atoms with Gasteiger partial charge < -0.3 is 10.2 Å². The maximum absolute atomic E-state index is 11.9. The number of rotatable bonds is 3. The Bertz CT molecular complexity index is 549. The van der Waals surface area contributed by atoms with E-state index in [4.69, 9.17) is 0 Å². The third-order valence-corrected chi connectivity index (χ3v) is 2.83. The molecule has 1 saturated heterocycles. The summed E-state index contributed by atoms with van der Waals surface area (Å²) in [4.78, 5) is 38.3. The lowest BCUT2D eigenvalue weighted by Crippen LogP contribution is -2.48. The van der Waals surface area contributed by atoms with Crippen molar-refractivity contribution < 1.29 is 9.72 Å². The van der Waals surface area contributed by atoms with Gasteiger partial charge in [-0.05, 0) is 0 Å². The van der Waals surface area contributed by atoms with E-state index in [9.17, 15) is 19.7 Å². The monoisotopic (exact) mass is 267 g/mol. The highest BCUT2D eigenvalue weighted by Gasteiger charge is 2.18. The lowest BCUT2D eigenvalue weighted by atomic mass is 10.3. The van der Waals surface area contributed by atoms with Gasteiger partial charge in [-0.3, -0.25) is 19.5 Å². The Kier molecular flexibility index (Phi) is 3.85. The summed E-state index contributed by atoms with van der Waals surface area (Å²) in [7, 11) is 0. The summed E-state index contributed by atoms with van der Waals surface area (Å²) in [5, 5.41) is 13.7. The summed E-state index contributed by atoms with van der Waals surface area (Å²) in [6.07, 6.45) is 1.92. The first-order valence-electron chi connectivity index (χ1n) is 5.77. The van der Waals surface area contributed by atoms with Crippen LogP contribution in [-0.2, 0) is 11.3 Å². The van der Waals surface area contributed by atoms with E-state index in [1.54, 1.807) is 4.90 Å². The molecule has 0 unspecified atom stereocenters. The van der Waals surface area contributed by atoms with Crippen molar-refractivity contribution in [1.29, 1.82) is 0 Å². The molecule has 9 nitrogen and oxygen atoms in total. The minimum absolute atomic E-state index is 0.229. The van der Waals surface area contributed by atoms with E-state index in [0.29, 0.717) is 26.2 Å². The van der Waals surface area contributed by atoms with Gasteiger partial charge in [-0.15, -0.1) is 0 Å². The fourth-order valence-electron chi connectivity index (χ4n) is 1.81. The summed E-state index contributed by atoms with van der Waals surface area (Å²) >= 11 is 0. The van der Waals surface area contributed by atoms with Crippen molar-refractivity contribution in [1.82, 2.24) is 19.8 Å². The van der Waals surface area contributed by atoms with Gasteiger partial charge in [0.2, 0.25) is 5.91 Å². The second-order valence-corrected chi connectivity index (χ2v) is 4.11. The Labute approximate surface area is 108 Å². The molecule has 1 N–H and O–H groups in total. The SMILES string of the molecule is O=C(Cn1cc([N+](=O)[O-])cnc1=O)N1CCNCC1. The molecule has 1 aromatic heterocycles. The second kappa shape index (κ2) is 5.57. The van der Waals surface area contributed by atoms with Crippen molar-refractivity contribution in [3.8, 4) is 0 Å². The van der Waals surface area contributed by atoms with E-state index < -0.39 is 10.6 Å². The second-order valence-electron chi connectivity index (χ2n) is 4.11. The van der Waals surface area contributed by atoms with Crippen molar-refractivity contribution in [3.63, 3.8) is 0 Å². The zero-order valence-electron chi connectivity index (χ0n) is 10.1. The molecule has 0 aromatic carbocycles. The molecule has 0 saturated carbocycles. The number of nitrogens with zero attached hydrogens (tertiary/aromatic N) is 4. The molecule has 0 atom stereocenters. The van der Waals surface area contributed by atoms with Crippen molar-refractivity contribution in [2.75, 3.05) is 26.2 Å². The smallest absolute Gasteiger partial charge is 0.339 e. The zero-order chi connectivity index (χ0) is 13.8. The number of aromatic nitrogens is 2. The van der Waals surface area contributed by atoms with Crippen LogP contribution in [0.5, 0.6) is 0 Å². The van der Waals surface area contributed by atoms with Crippen LogP contribution in [0.4, 0.5) is 5.69 Å². The van der Waals surface area contributed by atoms with Crippen LogP contribution >= 0.6 is 0 Å². The van der Waals surface area contributed by atoms with Gasteiger partial charge in [-0.1, -0.05) is 0 Å². The molecule has 1 fully saturated rings. The van der Waals surface area contributed by atoms with Gasteiger partial charge >= 0.3 is 11.4 Å². The van der Waals surface area contributed by atoms with Crippen LogP contribution < -0.4 is 11.0 Å². The molecule has 0 radical (unpaired) electrons. The predicted octanol–water partition coefficient (Wildman–Crippen LogP) is -1.42. The highest BCUT2D eigenvalue weighted by Crippen LogP contribution is 2.05. The number of hydrogen-bond donors (Lipinski definition) is 1. The Balaban J connectivity index is 2.13. The van der Waals surface area contributed by atoms with Gasteiger partial charge in [0.05, 0.1) is 11.1 Å². The summed E-state index contributed by atoms with van der Waals surface area (Å²) in [6, 6.07) is 0. The van der Waals surface area contributed by atoms with Crippen molar-refractivity contribution >= 4 is 11.6 Å². The molecule has 2 rings (SSSR count). The summed E-state index contributed by atoms with van der Waals surface area (Å²) < 4.78 is 0.961. The molecule has 19 heavy (non-hydrogen) atoms. The number of nitro groups is 1. The van der Waals surface area contributed by atoms with Crippen LogP contribution in [0.1, 0.15) is 0 Å². The number of carbonyl (C=O) groups excluding carboxylic acids is 1. The summed E-state index contributed by atoms with van der Waals surface area (Å²) in [5.74, 6) is -0.245. The average Bonchev–Trinajstić information content (AvgIpc) is 2.42. The van der Waals surface area contributed by atoms with E-state index in [1.807, 2.05) is 0 Å². The minimum Gasteiger partial charge on any atom is -0.339 e. The molecule has 0 aliphatic carbocycles. The fourth-order valence-corrected chi connectivity index (χ4v) is 1.81. The topological polar surface area (TPSA) is 110 Å². The lowest BCUT2D eigenvalue weighted by molar-refractivity contribution is -0.385. The predicted molar refractivity (Wildman–Crippen MR) is 64.6 cm³/mol. The maximum Gasteiger partial charge on any atom is 0.348 e. The van der Waals surface area contributed by atoms with Crippen LogP contribution in [0.3, 0.4) is 0 Å². The zero-order valence-corrected chi connectivity index (χ0v) is 10.1. The van der Waals surface area contributed by atoms with E-state index in [-0.39, 0.29) is 18.1 Å². The van der Waals surface area contributed by atoms with E-state index >= 15 is 0 Å². The van der Waals surface area contributed by atoms with Gasteiger partial charge in [0, 0.05) is 26.2 Å². The van der Waals surface area contributed by atoms with Gasteiger partial charge in [-0.2, -0.15) is 4.98 Å². The van der Waals surface area contributed by atoms with E-state index in [0.717, 1.165) is 17.0 Å². The highest BCUT2D eigenvalue weighted by atomic mass is 16.6. The van der Waals surface area contributed by atoms with E-state index in [1.165, 1.54) is 0 Å². The normalized spacial score (nSPS) is 15.3. The van der Waals surface area contributed by atoms with Crippen molar-refractivity contribution in [3.05, 3.63) is 33.0 Å². The number of hydrogen-bond acceptors (Lipinski definition) is 6. The van der Waals surface area contributed by atoms with Gasteiger partial charge in [0.25, 0.3) is 0 Å². The molecule has 102 valence electrons. The first-order valence-corrected chi connectivity index (χ1v) is 5.77. The molecule has 1 aliphatic rings. The maximum atomic E-state index is 11.9. The van der Waals surface area contributed by atoms with Crippen LogP contribution in [-0.4, -0.2) is 51.5 Å². The summed E-state index contributed by atoms with van der Waals surface area (Å²) in [6.45, 7) is 2.31. The third-order valence-electron chi connectivity index (χ3n) is 2.83. The van der Waals surface area contributed by atoms with Crippen molar-refractivity contribution in [2.45, 2.75) is 6.54 Å². The Morgan fingerprint density at radius 1 is 1.47 bits per heavy atom. The number of nitrogens with one attached hydrogen (secondary N) is 1. The molecule has 9 heteroatoms. The number of amides is 1. The Morgan fingerprint density at radius 3 is 2.79 bits per heavy atom. The first kappa shape index (κ1) is 13.1. The quantitative estimate of drug-likeness (QED) is 0.531. The minimum atomic E-state index is -0.672. The summed E-state index contributed by atoms with van der Waals surface area (Å²) in [5.41, 5.74) is -0.984. The standard InChI is InChI=1S/C10H13N5O4/c16-9(13-3-1-11-2-4-13)7-14-6-8(15(18)19)5-12-10(14)17/h5-6,11H,1-4,7H2. The molecule has 2 heterocycles. The Hall–Kier alpha value is -2.29. The van der Waals surface area contributed by atoms with Gasteiger partial charge in [-0.25, -0.2) is 4.79 Å². The number of piperazine rings is 1. The highest BCUT2D eigenvalue weighted by molar-refractivity contribution is 5.76. The van der Waals surface area contributed by atoms with Crippen molar-refractivity contribution in [2.24, 2.45) is 0 Å². The van der Waals surface area contributed by atoms with Crippen LogP contribution in [0.15, 0.2) is 17.2 Å². The van der Waals surface area contributed by atoms with Crippen LogP contribution in [0, 0.1) is 10.1 Å². The molecule has 0 bridgehead atoms. The van der Waals surface area contributed by atoms with Crippen LogP contribution in [0.2, 0.25) is 0 Å². The average molecular weight is 267 g/mol. The molecule has 0 spiro atoms. The largest absolute Gasteiger partial charge is 0.348 e. The molecule has 1 amide bonds. The molecule has 1 aliphatic heterocycles. The lowest BCUT2D eigenvalue weighted by Gasteiger charge is -2.27. The number of carbonyl (C=O) groups is 1. The third kappa shape index (κ3) is 3.13. The fraction of sp³-hybridized carbons (Fsp3) is 0.500. The molecular formula is C10H13N5O4. The molecular weight excluding hydrogens is 254 g/mol. The first-order chi connectivity index (χ1) is 9.08. The Morgan fingerprint density at radius 2 is 2.16 bits per heavy atom. The van der Waals surface area contributed by atoms with Gasteiger partial charge in [0.1, 0.15) is 12.7 Å².